The molecule has 2 aromatic heterocycles. The molecule has 0 aliphatic carbocycles. The Kier molecular flexibility index (Phi) is 6.83. The molecule has 2 aromatic carbocycles. The number of anilines is 2. The lowest BCUT2D eigenvalue weighted by Gasteiger charge is -2.11. The fourth-order valence-corrected chi connectivity index (χ4v) is 4.25. The van der Waals surface area contributed by atoms with Crippen LogP contribution in [-0.4, -0.2) is 46.0 Å². The number of nitrogens with zero attached hydrogens (tertiary/aromatic N) is 4. The number of nitro groups is 1. The van der Waals surface area contributed by atoms with Crippen molar-refractivity contribution in [3.05, 3.63) is 82.3 Å². The summed E-state index contributed by atoms with van der Waals surface area (Å²) in [5, 5.41) is 15.8. The number of pyridine rings is 1. The van der Waals surface area contributed by atoms with Gasteiger partial charge >= 0.3 is 17.6 Å². The van der Waals surface area contributed by atoms with Crippen molar-refractivity contribution in [2.75, 3.05) is 19.5 Å². The molecule has 0 amide bonds. The Morgan fingerprint density at radius 3 is 2.31 bits per heavy atom. The summed E-state index contributed by atoms with van der Waals surface area (Å²) in [6.07, 6.45) is 2.82. The summed E-state index contributed by atoms with van der Waals surface area (Å²) in [5.74, 6) is -1.52. The van der Waals surface area contributed by atoms with E-state index in [0.29, 0.717) is 10.4 Å². The normalized spacial score (nSPS) is 10.6. The van der Waals surface area contributed by atoms with Gasteiger partial charge in [-0.05, 0) is 30.3 Å². The molecule has 176 valence electrons. The number of rotatable bonds is 7. The Morgan fingerprint density at radius 1 is 0.971 bits per heavy atom. The summed E-state index contributed by atoms with van der Waals surface area (Å²) in [5.41, 5.74) is 0.583. The van der Waals surface area contributed by atoms with Gasteiger partial charge in [0.15, 0.2) is 5.03 Å². The number of benzene rings is 2. The van der Waals surface area contributed by atoms with Crippen molar-refractivity contribution in [2.24, 2.45) is 0 Å². The molecule has 0 aliphatic heterocycles. The Bertz CT molecular complexity index is 1420. The van der Waals surface area contributed by atoms with Gasteiger partial charge in [-0.25, -0.2) is 19.6 Å². The monoisotopic (exact) mass is 491 g/mol. The lowest BCUT2D eigenvalue weighted by atomic mass is 10.1. The number of fused-ring (bicyclic) bond motifs is 1. The first kappa shape index (κ1) is 23.6. The standard InChI is InChI=1S/C23H17N5O6S/c1-33-22(29)14-9-15(23(30)34-2)11-16(10-14)27-20-19(28(31)32)21(26-12-25-20)35-17-7-3-5-13-6-4-8-24-18(13)17/h3-12H,1-2H3,(H,25,26,27). The summed E-state index contributed by atoms with van der Waals surface area (Å²) in [6.45, 7) is 0. The number of hydrogen-bond acceptors (Lipinski definition) is 11. The first-order valence-corrected chi connectivity index (χ1v) is 10.8. The second-order valence-electron chi connectivity index (χ2n) is 6.97. The first-order valence-electron chi connectivity index (χ1n) is 10.0. The van der Waals surface area contributed by atoms with Crippen LogP contribution in [-0.2, 0) is 9.47 Å². The van der Waals surface area contributed by atoms with Gasteiger partial charge in [-0.2, -0.15) is 0 Å². The average molecular weight is 491 g/mol. The predicted octanol–water partition coefficient (Wildman–Crippen LogP) is 4.40. The number of ether oxygens (including phenoxy) is 2. The lowest BCUT2D eigenvalue weighted by Crippen LogP contribution is -2.09. The van der Waals surface area contributed by atoms with E-state index >= 15 is 0 Å². The van der Waals surface area contributed by atoms with Gasteiger partial charge in [0.2, 0.25) is 5.82 Å². The van der Waals surface area contributed by atoms with Gasteiger partial charge in [0.05, 0.1) is 35.8 Å². The highest BCUT2D eigenvalue weighted by Gasteiger charge is 2.25. The molecular weight excluding hydrogens is 474 g/mol. The van der Waals surface area contributed by atoms with Crippen molar-refractivity contribution in [1.82, 2.24) is 15.0 Å². The Labute approximate surface area is 202 Å². The fourth-order valence-electron chi connectivity index (χ4n) is 3.26. The van der Waals surface area contributed by atoms with E-state index in [1.807, 2.05) is 18.2 Å². The topological polar surface area (TPSA) is 146 Å². The summed E-state index contributed by atoms with van der Waals surface area (Å²) in [4.78, 5) is 48.8. The molecule has 4 aromatic rings. The van der Waals surface area contributed by atoms with E-state index in [0.717, 1.165) is 17.1 Å². The van der Waals surface area contributed by atoms with E-state index in [9.17, 15) is 19.7 Å². The Hall–Kier alpha value is -4.58. The van der Waals surface area contributed by atoms with Gasteiger partial charge in [0.25, 0.3) is 0 Å². The number of methoxy groups -OCH3 is 2. The quantitative estimate of drug-likeness (QED) is 0.170. The molecule has 0 spiro atoms. The highest BCUT2D eigenvalue weighted by molar-refractivity contribution is 7.99. The lowest BCUT2D eigenvalue weighted by molar-refractivity contribution is -0.387. The Morgan fingerprint density at radius 2 is 1.66 bits per heavy atom. The zero-order valence-electron chi connectivity index (χ0n) is 18.4. The van der Waals surface area contributed by atoms with Gasteiger partial charge in [-0.15, -0.1) is 0 Å². The number of aromatic nitrogens is 3. The summed E-state index contributed by atoms with van der Waals surface area (Å²) >= 11 is 1.08. The van der Waals surface area contributed by atoms with Gasteiger partial charge in [0, 0.05) is 22.2 Å². The highest BCUT2D eigenvalue weighted by atomic mass is 32.2. The SMILES string of the molecule is COC(=O)c1cc(Nc2ncnc(Sc3cccc4cccnc34)c2[N+](=O)[O-])cc(C(=O)OC)c1. The molecular formula is C23H17N5O6S. The van der Waals surface area contributed by atoms with Gasteiger partial charge < -0.3 is 14.8 Å². The van der Waals surface area contributed by atoms with Crippen molar-refractivity contribution in [2.45, 2.75) is 9.92 Å². The second-order valence-corrected chi connectivity index (χ2v) is 8.00. The number of esters is 2. The molecule has 0 aliphatic rings. The molecule has 0 saturated carbocycles. The first-order chi connectivity index (χ1) is 16.9. The van der Waals surface area contributed by atoms with Crippen LogP contribution in [0.15, 0.2) is 71.0 Å². The van der Waals surface area contributed by atoms with Crippen molar-refractivity contribution in [1.29, 1.82) is 0 Å². The minimum Gasteiger partial charge on any atom is -0.465 e. The average Bonchev–Trinajstić information content (AvgIpc) is 2.87. The van der Waals surface area contributed by atoms with E-state index in [1.165, 1.54) is 38.7 Å². The maximum absolute atomic E-state index is 12.1. The van der Waals surface area contributed by atoms with Crippen LogP contribution in [0.2, 0.25) is 0 Å². The van der Waals surface area contributed by atoms with Crippen LogP contribution in [0.4, 0.5) is 17.2 Å². The zero-order valence-corrected chi connectivity index (χ0v) is 19.2. The predicted molar refractivity (Wildman–Crippen MR) is 127 cm³/mol. The third kappa shape index (κ3) is 5.01. The Balaban J connectivity index is 1.77. The molecule has 0 saturated heterocycles. The summed E-state index contributed by atoms with van der Waals surface area (Å²) < 4.78 is 9.46. The van der Waals surface area contributed by atoms with E-state index in [-0.39, 0.29) is 33.3 Å². The van der Waals surface area contributed by atoms with Crippen LogP contribution in [0.3, 0.4) is 0 Å². The zero-order chi connectivity index (χ0) is 24.9. The maximum atomic E-state index is 12.1. The molecule has 11 nitrogen and oxygen atoms in total. The maximum Gasteiger partial charge on any atom is 0.343 e. The number of carbonyl (C=O) groups excluding carboxylic acids is 2. The third-order valence-electron chi connectivity index (χ3n) is 4.81. The van der Waals surface area contributed by atoms with Crippen molar-refractivity contribution < 1.29 is 24.0 Å². The molecule has 0 radical (unpaired) electrons. The molecule has 4 rings (SSSR count). The van der Waals surface area contributed by atoms with Gasteiger partial charge in [0.1, 0.15) is 6.33 Å². The number of hydrogen-bond donors (Lipinski definition) is 1. The molecule has 1 N–H and O–H groups in total. The molecule has 0 bridgehead atoms. The number of carbonyl (C=O) groups is 2. The van der Waals surface area contributed by atoms with Crippen molar-refractivity contribution in [3.63, 3.8) is 0 Å². The summed E-state index contributed by atoms with van der Waals surface area (Å²) in [7, 11) is 2.39. The van der Waals surface area contributed by atoms with Gasteiger partial charge in [-0.1, -0.05) is 30.0 Å². The fraction of sp³-hybridized carbons (Fsp3) is 0.0870. The van der Waals surface area contributed by atoms with Crippen molar-refractivity contribution >= 4 is 51.8 Å². The van der Waals surface area contributed by atoms with Crippen LogP contribution in [0.5, 0.6) is 0 Å². The van der Waals surface area contributed by atoms with Crippen molar-refractivity contribution in [3.8, 4) is 0 Å². The highest BCUT2D eigenvalue weighted by Crippen LogP contribution is 2.39. The molecule has 0 fully saturated rings. The van der Waals surface area contributed by atoms with E-state index in [4.69, 9.17) is 9.47 Å². The van der Waals surface area contributed by atoms with E-state index in [2.05, 4.69) is 20.3 Å². The molecule has 0 atom stereocenters. The minimum atomic E-state index is -0.698. The molecule has 0 unspecified atom stereocenters. The molecule has 2 heterocycles. The number of nitrogens with one attached hydrogen (secondary N) is 1. The summed E-state index contributed by atoms with van der Waals surface area (Å²) in [6, 6.07) is 13.3. The molecule has 12 heteroatoms. The third-order valence-corrected chi connectivity index (χ3v) is 5.85. The smallest absolute Gasteiger partial charge is 0.343 e. The second kappa shape index (κ2) is 10.1. The largest absolute Gasteiger partial charge is 0.465 e. The number of para-hydroxylation sites is 1. The van der Waals surface area contributed by atoms with E-state index < -0.39 is 16.9 Å². The van der Waals surface area contributed by atoms with Gasteiger partial charge in [-0.3, -0.25) is 15.1 Å². The minimum absolute atomic E-state index is 0.0473. The van der Waals surface area contributed by atoms with Crippen LogP contribution in [0, 0.1) is 10.1 Å². The van der Waals surface area contributed by atoms with Crippen LogP contribution in [0.25, 0.3) is 10.9 Å². The van der Waals surface area contributed by atoms with Crippen LogP contribution < -0.4 is 5.32 Å². The molecule has 35 heavy (non-hydrogen) atoms. The van der Waals surface area contributed by atoms with Crippen LogP contribution >= 0.6 is 11.8 Å². The van der Waals surface area contributed by atoms with E-state index in [1.54, 1.807) is 18.3 Å². The van der Waals surface area contributed by atoms with Crippen LogP contribution in [0.1, 0.15) is 20.7 Å².